The van der Waals surface area contributed by atoms with Gasteiger partial charge in [-0.25, -0.2) is 0 Å². The summed E-state index contributed by atoms with van der Waals surface area (Å²) in [5.74, 6) is 0.535. The van der Waals surface area contributed by atoms with Gasteiger partial charge in [0.15, 0.2) is 0 Å². The Morgan fingerprint density at radius 1 is 1.53 bits per heavy atom. The molecule has 0 saturated carbocycles. The maximum Gasteiger partial charge on any atom is 0.224 e. The number of carbonyl (C=O) groups is 1. The van der Waals surface area contributed by atoms with Crippen molar-refractivity contribution >= 4 is 39.1 Å². The van der Waals surface area contributed by atoms with Crippen molar-refractivity contribution in [2.24, 2.45) is 0 Å². The molecule has 0 aliphatic carbocycles. The molecule has 0 aliphatic rings. The van der Waals surface area contributed by atoms with Gasteiger partial charge in [0.25, 0.3) is 0 Å². The minimum Gasteiger partial charge on any atom is -0.326 e. The topological polar surface area (TPSA) is 29.1 Å². The van der Waals surface area contributed by atoms with E-state index in [0.717, 1.165) is 15.7 Å². The molecule has 0 radical (unpaired) electrons. The smallest absolute Gasteiger partial charge is 0.224 e. The van der Waals surface area contributed by atoms with Crippen molar-refractivity contribution in [1.29, 1.82) is 0 Å². The summed E-state index contributed by atoms with van der Waals surface area (Å²) in [6.07, 6.45) is 1.18. The number of rotatable bonds is 4. The van der Waals surface area contributed by atoms with Crippen molar-refractivity contribution in [3.8, 4) is 0 Å². The number of hydrogen-bond acceptors (Lipinski definition) is 1. The van der Waals surface area contributed by atoms with Gasteiger partial charge in [0.2, 0.25) is 5.91 Å². The van der Waals surface area contributed by atoms with Crippen molar-refractivity contribution in [2.75, 3.05) is 11.2 Å². The van der Waals surface area contributed by atoms with Crippen molar-refractivity contribution in [3.05, 3.63) is 28.2 Å². The number of alkyl halides is 1. The SMILES string of the molecule is Cc1cc(Br)ccc1NC(=O)CCCCl. The summed E-state index contributed by atoms with van der Waals surface area (Å²) < 4.78 is 1.01. The van der Waals surface area contributed by atoms with Crippen LogP contribution in [0.2, 0.25) is 0 Å². The fourth-order valence-corrected chi connectivity index (χ4v) is 1.82. The highest BCUT2D eigenvalue weighted by atomic mass is 79.9. The second kappa shape index (κ2) is 6.13. The van der Waals surface area contributed by atoms with Crippen LogP contribution in [-0.2, 0) is 4.79 Å². The minimum absolute atomic E-state index is 0.0149. The third-order valence-electron chi connectivity index (χ3n) is 2.00. The number of benzene rings is 1. The molecule has 0 unspecified atom stereocenters. The maximum absolute atomic E-state index is 11.4. The van der Waals surface area contributed by atoms with Crippen LogP contribution in [0, 0.1) is 6.92 Å². The number of nitrogens with one attached hydrogen (secondary N) is 1. The van der Waals surface area contributed by atoms with Crippen LogP contribution in [0.5, 0.6) is 0 Å². The predicted molar refractivity (Wildman–Crippen MR) is 67.5 cm³/mol. The standard InChI is InChI=1S/C11H13BrClNO/c1-8-7-9(12)4-5-10(8)14-11(15)3-2-6-13/h4-5,7H,2-3,6H2,1H3,(H,14,15). The molecule has 0 heterocycles. The van der Waals surface area contributed by atoms with Gasteiger partial charge < -0.3 is 5.32 Å². The molecule has 0 atom stereocenters. The summed E-state index contributed by atoms with van der Waals surface area (Å²) in [5.41, 5.74) is 1.90. The molecule has 1 N–H and O–H groups in total. The molecule has 4 heteroatoms. The minimum atomic E-state index is 0.0149. The molecule has 2 nitrogen and oxygen atoms in total. The largest absolute Gasteiger partial charge is 0.326 e. The summed E-state index contributed by atoms with van der Waals surface area (Å²) >= 11 is 8.89. The van der Waals surface area contributed by atoms with Gasteiger partial charge in [0.1, 0.15) is 0 Å². The van der Waals surface area contributed by atoms with Gasteiger partial charge in [-0.1, -0.05) is 15.9 Å². The van der Waals surface area contributed by atoms with E-state index in [9.17, 15) is 4.79 Å². The average Bonchev–Trinajstić information content (AvgIpc) is 2.19. The van der Waals surface area contributed by atoms with Crippen LogP contribution in [0.3, 0.4) is 0 Å². The zero-order chi connectivity index (χ0) is 11.3. The van der Waals surface area contributed by atoms with E-state index in [4.69, 9.17) is 11.6 Å². The molecule has 1 aromatic rings. The van der Waals surface area contributed by atoms with E-state index in [1.54, 1.807) is 0 Å². The van der Waals surface area contributed by atoms with Gasteiger partial charge in [-0.3, -0.25) is 4.79 Å². The highest BCUT2D eigenvalue weighted by Crippen LogP contribution is 2.20. The van der Waals surface area contributed by atoms with E-state index in [-0.39, 0.29) is 5.91 Å². The monoisotopic (exact) mass is 289 g/mol. The highest BCUT2D eigenvalue weighted by Gasteiger charge is 2.04. The van der Waals surface area contributed by atoms with E-state index >= 15 is 0 Å². The first kappa shape index (κ1) is 12.5. The third kappa shape index (κ3) is 4.22. The first-order valence-corrected chi connectivity index (χ1v) is 6.08. The Morgan fingerprint density at radius 2 is 2.27 bits per heavy atom. The lowest BCUT2D eigenvalue weighted by Crippen LogP contribution is -2.12. The van der Waals surface area contributed by atoms with Crippen molar-refractivity contribution in [1.82, 2.24) is 0 Å². The molecule has 1 rings (SSSR count). The summed E-state index contributed by atoms with van der Waals surface area (Å²) in [7, 11) is 0. The Balaban J connectivity index is 2.60. The molecule has 0 spiro atoms. The molecule has 15 heavy (non-hydrogen) atoms. The second-order valence-electron chi connectivity index (χ2n) is 3.30. The van der Waals surface area contributed by atoms with Crippen molar-refractivity contribution < 1.29 is 4.79 Å². The number of aryl methyl sites for hydroxylation is 1. The number of anilines is 1. The first-order chi connectivity index (χ1) is 7.13. The first-order valence-electron chi connectivity index (χ1n) is 4.75. The van der Waals surface area contributed by atoms with Crippen LogP contribution in [0.1, 0.15) is 18.4 Å². The summed E-state index contributed by atoms with van der Waals surface area (Å²) in [5, 5.41) is 2.85. The quantitative estimate of drug-likeness (QED) is 0.841. The highest BCUT2D eigenvalue weighted by molar-refractivity contribution is 9.10. The molecule has 0 aliphatic heterocycles. The molecule has 82 valence electrons. The van der Waals surface area contributed by atoms with Crippen molar-refractivity contribution in [2.45, 2.75) is 19.8 Å². The molecule has 0 saturated heterocycles. The molecule has 1 amide bonds. The van der Waals surface area contributed by atoms with E-state index in [2.05, 4.69) is 21.2 Å². The van der Waals surface area contributed by atoms with Gasteiger partial charge in [-0.15, -0.1) is 11.6 Å². The number of amides is 1. The van der Waals surface area contributed by atoms with Crippen LogP contribution < -0.4 is 5.32 Å². The Kier molecular flexibility index (Phi) is 5.12. The van der Waals surface area contributed by atoms with Gasteiger partial charge in [-0.05, 0) is 37.1 Å². The zero-order valence-corrected chi connectivity index (χ0v) is 10.9. The molecular weight excluding hydrogens is 277 g/mol. The fraction of sp³-hybridized carbons (Fsp3) is 0.364. The summed E-state index contributed by atoms with van der Waals surface area (Å²) in [6.45, 7) is 1.96. The summed E-state index contributed by atoms with van der Waals surface area (Å²) in [6, 6.07) is 5.76. The maximum atomic E-state index is 11.4. The van der Waals surface area contributed by atoms with Crippen LogP contribution in [0.25, 0.3) is 0 Å². The number of carbonyl (C=O) groups excluding carboxylic acids is 1. The van der Waals surface area contributed by atoms with E-state index in [0.29, 0.717) is 18.7 Å². The molecule has 0 fully saturated rings. The third-order valence-corrected chi connectivity index (χ3v) is 2.76. The predicted octanol–water partition coefficient (Wildman–Crippen LogP) is 3.72. The lowest BCUT2D eigenvalue weighted by Gasteiger charge is -2.08. The van der Waals surface area contributed by atoms with Crippen LogP contribution in [0.15, 0.2) is 22.7 Å². The molecular formula is C11H13BrClNO. The summed E-state index contributed by atoms with van der Waals surface area (Å²) in [4.78, 5) is 11.4. The van der Waals surface area contributed by atoms with Crippen LogP contribution >= 0.6 is 27.5 Å². The van der Waals surface area contributed by atoms with Gasteiger partial charge in [0, 0.05) is 22.5 Å². The van der Waals surface area contributed by atoms with E-state index in [1.807, 2.05) is 25.1 Å². The molecule has 0 aromatic heterocycles. The number of halogens is 2. The van der Waals surface area contributed by atoms with Crippen LogP contribution in [-0.4, -0.2) is 11.8 Å². The molecule has 1 aromatic carbocycles. The van der Waals surface area contributed by atoms with Gasteiger partial charge in [0.05, 0.1) is 0 Å². The Bertz CT molecular complexity index is 354. The Hall–Kier alpha value is -0.540. The van der Waals surface area contributed by atoms with E-state index in [1.165, 1.54) is 0 Å². The lowest BCUT2D eigenvalue weighted by molar-refractivity contribution is -0.116. The van der Waals surface area contributed by atoms with Crippen LogP contribution in [0.4, 0.5) is 5.69 Å². The van der Waals surface area contributed by atoms with E-state index < -0.39 is 0 Å². The number of hydrogen-bond donors (Lipinski definition) is 1. The Labute approximate surface area is 103 Å². The normalized spacial score (nSPS) is 10.1. The Morgan fingerprint density at radius 3 is 2.87 bits per heavy atom. The zero-order valence-electron chi connectivity index (χ0n) is 8.52. The second-order valence-corrected chi connectivity index (χ2v) is 4.59. The molecule has 0 bridgehead atoms. The average molecular weight is 291 g/mol. The fourth-order valence-electron chi connectivity index (χ4n) is 1.21. The van der Waals surface area contributed by atoms with Gasteiger partial charge >= 0.3 is 0 Å². The van der Waals surface area contributed by atoms with Gasteiger partial charge in [-0.2, -0.15) is 0 Å². The van der Waals surface area contributed by atoms with Crippen molar-refractivity contribution in [3.63, 3.8) is 0 Å². The lowest BCUT2D eigenvalue weighted by atomic mass is 10.2.